The quantitative estimate of drug-likeness (QED) is 0.793. The number of rotatable bonds is 4. The van der Waals surface area contributed by atoms with Crippen molar-refractivity contribution in [2.45, 2.75) is 0 Å². The van der Waals surface area contributed by atoms with Gasteiger partial charge >= 0.3 is 5.95 Å². The largest absolute Gasteiger partial charge is 0.497 e. The van der Waals surface area contributed by atoms with Crippen LogP contribution < -0.4 is 14.2 Å². The number of aromatic nitrogens is 1. The molecule has 0 radical (unpaired) electrons. The number of methoxy groups -OCH3 is 2. The molecule has 0 atom stereocenters. The molecule has 0 bridgehead atoms. The van der Waals surface area contributed by atoms with Gasteiger partial charge in [-0.05, 0) is 12.1 Å². The Labute approximate surface area is 92.6 Å². The molecule has 0 aliphatic rings. The zero-order valence-electron chi connectivity index (χ0n) is 8.97. The van der Waals surface area contributed by atoms with Gasteiger partial charge in [0.2, 0.25) is 0 Å². The van der Waals surface area contributed by atoms with Gasteiger partial charge in [0.15, 0.2) is 17.9 Å². The molecular weight excluding hydrogens is 210 g/mol. The monoisotopic (exact) mass is 221 g/mol. The topological polar surface area (TPSA) is 53.7 Å². The maximum atomic E-state index is 5.43. The third-order valence-corrected chi connectivity index (χ3v) is 1.99. The van der Waals surface area contributed by atoms with Crippen molar-refractivity contribution >= 4 is 0 Å². The van der Waals surface area contributed by atoms with Crippen LogP contribution >= 0.6 is 0 Å². The van der Waals surface area contributed by atoms with Crippen molar-refractivity contribution < 1.29 is 18.6 Å². The van der Waals surface area contributed by atoms with Gasteiger partial charge in [-0.3, -0.25) is 0 Å². The highest BCUT2D eigenvalue weighted by atomic mass is 16.6. The first kappa shape index (κ1) is 10.4. The van der Waals surface area contributed by atoms with Crippen molar-refractivity contribution in [1.82, 2.24) is 4.98 Å². The van der Waals surface area contributed by atoms with Crippen molar-refractivity contribution in [3.8, 4) is 23.2 Å². The summed E-state index contributed by atoms with van der Waals surface area (Å²) in [6, 6.07) is 5.24. The van der Waals surface area contributed by atoms with Gasteiger partial charge < -0.3 is 18.6 Å². The van der Waals surface area contributed by atoms with Gasteiger partial charge in [-0.2, -0.15) is 0 Å². The third-order valence-electron chi connectivity index (χ3n) is 1.99. The van der Waals surface area contributed by atoms with E-state index in [0.29, 0.717) is 23.2 Å². The Morgan fingerprint density at radius 1 is 1.12 bits per heavy atom. The lowest BCUT2D eigenvalue weighted by atomic mass is 10.3. The molecular formula is C11H11NO4. The molecule has 0 saturated carbocycles. The van der Waals surface area contributed by atoms with Crippen LogP contribution in [0.1, 0.15) is 0 Å². The van der Waals surface area contributed by atoms with Crippen LogP contribution in [0.3, 0.4) is 0 Å². The van der Waals surface area contributed by atoms with E-state index in [9.17, 15) is 0 Å². The summed E-state index contributed by atoms with van der Waals surface area (Å²) in [5.74, 6) is 2.11. The Morgan fingerprint density at radius 3 is 2.62 bits per heavy atom. The zero-order valence-corrected chi connectivity index (χ0v) is 8.97. The second-order valence-corrected chi connectivity index (χ2v) is 2.94. The van der Waals surface area contributed by atoms with Gasteiger partial charge in [0.25, 0.3) is 0 Å². The fraction of sp³-hybridized carbons (Fsp3) is 0.182. The molecule has 16 heavy (non-hydrogen) atoms. The van der Waals surface area contributed by atoms with E-state index < -0.39 is 0 Å². The highest BCUT2D eigenvalue weighted by Gasteiger charge is 2.08. The van der Waals surface area contributed by atoms with Crippen molar-refractivity contribution in [1.29, 1.82) is 0 Å². The number of oxazole rings is 1. The van der Waals surface area contributed by atoms with Crippen molar-refractivity contribution in [3.63, 3.8) is 0 Å². The number of hydrogen-bond donors (Lipinski definition) is 0. The van der Waals surface area contributed by atoms with Crippen LogP contribution in [-0.2, 0) is 0 Å². The van der Waals surface area contributed by atoms with Crippen LogP contribution in [0.2, 0.25) is 0 Å². The normalized spacial score (nSPS) is 9.88. The molecule has 84 valence electrons. The number of benzene rings is 1. The van der Waals surface area contributed by atoms with Crippen molar-refractivity contribution in [2.24, 2.45) is 0 Å². The van der Waals surface area contributed by atoms with Gasteiger partial charge in [-0.25, -0.2) is 4.98 Å². The summed E-state index contributed by atoms with van der Waals surface area (Å²) in [6.07, 6.45) is 2.77. The highest BCUT2D eigenvalue weighted by molar-refractivity contribution is 5.46. The van der Waals surface area contributed by atoms with Gasteiger partial charge in [-0.15, -0.1) is 0 Å². The van der Waals surface area contributed by atoms with E-state index in [-0.39, 0.29) is 0 Å². The first-order valence-corrected chi connectivity index (χ1v) is 4.62. The molecule has 1 heterocycles. The summed E-state index contributed by atoms with van der Waals surface area (Å²) in [7, 11) is 3.15. The van der Waals surface area contributed by atoms with Crippen molar-refractivity contribution in [3.05, 3.63) is 30.8 Å². The van der Waals surface area contributed by atoms with Crippen LogP contribution in [0.5, 0.6) is 23.2 Å². The summed E-state index contributed by atoms with van der Waals surface area (Å²) in [5, 5.41) is 0. The standard InChI is InChI=1S/C11H11NO4/c1-13-8-3-4-9(10(5-8)14-2)16-11-6-12-7-15-11/h3-7H,1-2H3. The van der Waals surface area contributed by atoms with E-state index in [1.165, 1.54) is 12.6 Å². The first-order chi connectivity index (χ1) is 7.83. The van der Waals surface area contributed by atoms with E-state index in [4.69, 9.17) is 18.6 Å². The maximum Gasteiger partial charge on any atom is 0.310 e. The SMILES string of the molecule is COc1ccc(Oc2cnco2)c(OC)c1. The smallest absolute Gasteiger partial charge is 0.310 e. The van der Waals surface area contributed by atoms with Crippen LogP contribution in [0.25, 0.3) is 0 Å². The van der Waals surface area contributed by atoms with E-state index in [1.807, 2.05) is 0 Å². The summed E-state index contributed by atoms with van der Waals surface area (Å²) < 4.78 is 20.6. The first-order valence-electron chi connectivity index (χ1n) is 4.62. The molecule has 0 amide bonds. The Kier molecular flexibility index (Phi) is 2.95. The second-order valence-electron chi connectivity index (χ2n) is 2.94. The van der Waals surface area contributed by atoms with Crippen LogP contribution in [0, 0.1) is 0 Å². The van der Waals surface area contributed by atoms with Crippen molar-refractivity contribution in [2.75, 3.05) is 14.2 Å². The average molecular weight is 221 g/mol. The molecule has 0 N–H and O–H groups in total. The lowest BCUT2D eigenvalue weighted by Gasteiger charge is -2.09. The van der Waals surface area contributed by atoms with E-state index in [0.717, 1.165) is 0 Å². The average Bonchev–Trinajstić information content (AvgIpc) is 2.82. The van der Waals surface area contributed by atoms with Gasteiger partial charge in [0.1, 0.15) is 11.9 Å². The molecule has 0 spiro atoms. The Bertz CT molecular complexity index is 453. The number of ether oxygens (including phenoxy) is 3. The van der Waals surface area contributed by atoms with Gasteiger partial charge in [0.05, 0.1) is 14.2 Å². The minimum atomic E-state index is 0.309. The van der Waals surface area contributed by atoms with E-state index in [2.05, 4.69) is 4.98 Å². The Balaban J connectivity index is 2.26. The molecule has 2 rings (SSSR count). The summed E-state index contributed by atoms with van der Waals surface area (Å²) in [4.78, 5) is 3.75. The maximum absolute atomic E-state index is 5.43. The molecule has 5 heteroatoms. The molecule has 0 unspecified atom stereocenters. The minimum Gasteiger partial charge on any atom is -0.497 e. The molecule has 0 saturated heterocycles. The predicted octanol–water partition coefficient (Wildman–Crippen LogP) is 2.48. The van der Waals surface area contributed by atoms with E-state index in [1.54, 1.807) is 32.4 Å². The fourth-order valence-corrected chi connectivity index (χ4v) is 1.22. The second kappa shape index (κ2) is 4.57. The van der Waals surface area contributed by atoms with Gasteiger partial charge in [-0.1, -0.05) is 0 Å². The summed E-state index contributed by atoms with van der Waals surface area (Å²) >= 11 is 0. The lowest BCUT2D eigenvalue weighted by molar-refractivity contribution is 0.320. The molecule has 5 nitrogen and oxygen atoms in total. The zero-order chi connectivity index (χ0) is 11.4. The van der Waals surface area contributed by atoms with E-state index >= 15 is 0 Å². The Morgan fingerprint density at radius 2 is 2.00 bits per heavy atom. The molecule has 0 aliphatic heterocycles. The number of hydrogen-bond acceptors (Lipinski definition) is 5. The Hall–Kier alpha value is -2.17. The van der Waals surface area contributed by atoms with Crippen LogP contribution in [0.4, 0.5) is 0 Å². The third kappa shape index (κ3) is 2.08. The summed E-state index contributed by atoms with van der Waals surface area (Å²) in [6.45, 7) is 0. The highest BCUT2D eigenvalue weighted by Crippen LogP contribution is 2.34. The molecule has 2 aromatic rings. The molecule has 1 aromatic heterocycles. The lowest BCUT2D eigenvalue weighted by Crippen LogP contribution is -1.91. The fourth-order valence-electron chi connectivity index (χ4n) is 1.22. The van der Waals surface area contributed by atoms with Gasteiger partial charge in [0, 0.05) is 6.07 Å². The number of nitrogens with zero attached hydrogens (tertiary/aromatic N) is 1. The minimum absolute atomic E-state index is 0.309. The summed E-state index contributed by atoms with van der Waals surface area (Å²) in [5.41, 5.74) is 0. The molecule has 0 aliphatic carbocycles. The van der Waals surface area contributed by atoms with Crippen LogP contribution in [0.15, 0.2) is 35.2 Å². The molecule has 1 aromatic carbocycles. The van der Waals surface area contributed by atoms with Crippen LogP contribution in [-0.4, -0.2) is 19.2 Å². The predicted molar refractivity (Wildman–Crippen MR) is 56.1 cm³/mol. The molecule has 0 fully saturated rings.